The number of amides is 2. The van der Waals surface area contributed by atoms with Gasteiger partial charge in [0, 0.05) is 54.9 Å². The Morgan fingerprint density at radius 2 is 1.61 bits per heavy atom. The zero-order chi connectivity index (χ0) is 28.3. The molecule has 41 heavy (non-hydrogen) atoms. The molecule has 1 aliphatic heterocycles. The number of carbonyl (C=O) groups excluding carboxylic acids is 2. The fraction of sp³-hybridized carbons (Fsp3) is 0.194. The first-order chi connectivity index (χ1) is 20.0. The van der Waals surface area contributed by atoms with Crippen LogP contribution in [0.3, 0.4) is 0 Å². The van der Waals surface area contributed by atoms with Crippen LogP contribution in [0.15, 0.2) is 87.8 Å². The molecule has 10 heteroatoms. The number of benzene rings is 3. The average molecular weight is 553 g/mol. The summed E-state index contributed by atoms with van der Waals surface area (Å²) < 4.78 is 22.0. The van der Waals surface area contributed by atoms with Crippen molar-refractivity contribution in [1.82, 2.24) is 10.1 Å². The Balaban J connectivity index is 1.21. The second kappa shape index (κ2) is 11.1. The minimum atomic E-state index is -0.517. The summed E-state index contributed by atoms with van der Waals surface area (Å²) in [7, 11) is 3.23. The molecule has 6 rings (SSSR count). The molecule has 2 aromatic heterocycles. The number of nitrogens with zero attached hydrogens (tertiary/aromatic N) is 3. The maximum atomic E-state index is 13.7. The lowest BCUT2D eigenvalue weighted by Gasteiger charge is -2.36. The third-order valence-corrected chi connectivity index (χ3v) is 7.13. The Morgan fingerprint density at radius 3 is 2.37 bits per heavy atom. The molecule has 0 bridgehead atoms. The molecule has 0 spiro atoms. The Kier molecular flexibility index (Phi) is 7.03. The lowest BCUT2D eigenvalue weighted by atomic mass is 10.1. The van der Waals surface area contributed by atoms with Crippen LogP contribution in [0.25, 0.3) is 22.3 Å². The second-order valence-corrected chi connectivity index (χ2v) is 9.54. The first-order valence-corrected chi connectivity index (χ1v) is 13.2. The van der Waals surface area contributed by atoms with Crippen LogP contribution in [0.5, 0.6) is 11.5 Å². The van der Waals surface area contributed by atoms with Gasteiger partial charge in [-0.3, -0.25) is 9.59 Å². The molecule has 0 aliphatic carbocycles. The predicted octanol–water partition coefficient (Wildman–Crippen LogP) is 5.32. The Hall–Kier alpha value is -5.25. The van der Waals surface area contributed by atoms with E-state index < -0.39 is 5.91 Å². The topological polar surface area (TPSA) is 110 Å². The number of nitrogens with one attached hydrogen (secondary N) is 1. The van der Waals surface area contributed by atoms with E-state index in [9.17, 15) is 9.59 Å². The fourth-order valence-electron chi connectivity index (χ4n) is 4.89. The molecule has 0 radical (unpaired) electrons. The van der Waals surface area contributed by atoms with Gasteiger partial charge in [-0.1, -0.05) is 23.4 Å². The smallest absolute Gasteiger partial charge is 0.291 e. The number of aromatic nitrogens is 1. The van der Waals surface area contributed by atoms with Crippen molar-refractivity contribution in [3.63, 3.8) is 0 Å². The number of piperazine rings is 1. The highest BCUT2D eigenvalue weighted by Crippen LogP contribution is 2.33. The SMILES string of the molecule is COc1ccc(-c2cc(C(=O)Nc3c(C(=O)N4CCN(c5cccc(OC)c5)CC4)oc4ccccc34)no2)cc1. The molecule has 1 N–H and O–H groups in total. The number of furan rings is 1. The minimum absolute atomic E-state index is 0.0754. The van der Waals surface area contributed by atoms with Gasteiger partial charge in [-0.15, -0.1) is 0 Å². The molecule has 1 saturated heterocycles. The minimum Gasteiger partial charge on any atom is -0.497 e. The summed E-state index contributed by atoms with van der Waals surface area (Å²) in [6.07, 6.45) is 0. The summed E-state index contributed by atoms with van der Waals surface area (Å²) in [6.45, 7) is 2.28. The zero-order valence-corrected chi connectivity index (χ0v) is 22.6. The van der Waals surface area contributed by atoms with E-state index in [4.69, 9.17) is 18.4 Å². The van der Waals surface area contributed by atoms with Crippen LogP contribution in [0, 0.1) is 0 Å². The summed E-state index contributed by atoms with van der Waals surface area (Å²) in [5.74, 6) is 1.19. The van der Waals surface area contributed by atoms with Crippen LogP contribution in [0.4, 0.5) is 11.4 Å². The largest absolute Gasteiger partial charge is 0.497 e. The number of carbonyl (C=O) groups is 2. The lowest BCUT2D eigenvalue weighted by molar-refractivity contribution is 0.0718. The highest BCUT2D eigenvalue weighted by Gasteiger charge is 2.30. The maximum Gasteiger partial charge on any atom is 0.291 e. The number of methoxy groups -OCH3 is 2. The van der Waals surface area contributed by atoms with Crippen LogP contribution < -0.4 is 19.7 Å². The molecular weight excluding hydrogens is 524 g/mol. The van der Waals surface area contributed by atoms with E-state index in [1.165, 1.54) is 0 Å². The molecule has 0 unspecified atom stereocenters. The number of hydrogen-bond donors (Lipinski definition) is 1. The Morgan fingerprint density at radius 1 is 0.854 bits per heavy atom. The normalized spacial score (nSPS) is 13.3. The molecule has 2 amide bonds. The van der Waals surface area contributed by atoms with Crippen LogP contribution in [0.2, 0.25) is 0 Å². The van der Waals surface area contributed by atoms with Crippen molar-refractivity contribution >= 4 is 34.2 Å². The van der Waals surface area contributed by atoms with E-state index >= 15 is 0 Å². The predicted molar refractivity (Wildman–Crippen MR) is 154 cm³/mol. The van der Waals surface area contributed by atoms with Gasteiger partial charge in [0.15, 0.2) is 11.5 Å². The second-order valence-electron chi connectivity index (χ2n) is 9.54. The van der Waals surface area contributed by atoms with Gasteiger partial charge in [0.1, 0.15) is 22.8 Å². The molecule has 208 valence electrons. The van der Waals surface area contributed by atoms with E-state index in [1.54, 1.807) is 49.5 Å². The van der Waals surface area contributed by atoms with Crippen molar-refractivity contribution in [2.24, 2.45) is 0 Å². The quantitative estimate of drug-likeness (QED) is 0.289. The van der Waals surface area contributed by atoms with Gasteiger partial charge in [0.05, 0.1) is 14.2 Å². The average Bonchev–Trinajstić information content (AvgIpc) is 3.67. The van der Waals surface area contributed by atoms with E-state index in [-0.39, 0.29) is 17.4 Å². The molecule has 10 nitrogen and oxygen atoms in total. The fourth-order valence-corrected chi connectivity index (χ4v) is 4.89. The maximum absolute atomic E-state index is 13.7. The van der Waals surface area contributed by atoms with Gasteiger partial charge in [0.2, 0.25) is 5.76 Å². The molecule has 0 saturated carbocycles. The third-order valence-electron chi connectivity index (χ3n) is 7.13. The number of fused-ring (bicyclic) bond motifs is 1. The standard InChI is InChI=1S/C31H28N4O6/c1-38-22-12-10-20(11-13-22)27-19-25(33-41-27)30(36)32-28-24-8-3-4-9-26(24)40-29(28)31(37)35-16-14-34(15-17-35)21-6-5-7-23(18-21)39-2/h3-13,18-19H,14-17H2,1-2H3,(H,32,36). The van der Waals surface area contributed by atoms with Gasteiger partial charge in [-0.05, 0) is 48.5 Å². The summed E-state index contributed by atoms with van der Waals surface area (Å²) in [5.41, 5.74) is 2.66. The van der Waals surface area contributed by atoms with E-state index in [2.05, 4.69) is 15.4 Å². The highest BCUT2D eigenvalue weighted by molar-refractivity contribution is 6.14. The monoisotopic (exact) mass is 552 g/mol. The van der Waals surface area contributed by atoms with Crippen LogP contribution in [-0.2, 0) is 0 Å². The molecule has 0 atom stereocenters. The number of ether oxygens (including phenoxy) is 2. The molecule has 3 aromatic carbocycles. The van der Waals surface area contributed by atoms with Gasteiger partial charge in [0.25, 0.3) is 11.8 Å². The Bertz CT molecular complexity index is 1700. The molecule has 5 aromatic rings. The van der Waals surface area contributed by atoms with Crippen molar-refractivity contribution in [1.29, 1.82) is 0 Å². The number of anilines is 2. The Labute approximate surface area is 236 Å². The van der Waals surface area contributed by atoms with Crippen molar-refractivity contribution < 1.29 is 28.0 Å². The summed E-state index contributed by atoms with van der Waals surface area (Å²) in [6, 6.07) is 23.8. The highest BCUT2D eigenvalue weighted by atomic mass is 16.5. The number of para-hydroxylation sites is 1. The number of rotatable bonds is 7. The summed E-state index contributed by atoms with van der Waals surface area (Å²) >= 11 is 0. The van der Waals surface area contributed by atoms with Crippen molar-refractivity contribution in [3.8, 4) is 22.8 Å². The van der Waals surface area contributed by atoms with Gasteiger partial charge < -0.3 is 33.5 Å². The molecule has 3 heterocycles. The first-order valence-electron chi connectivity index (χ1n) is 13.2. The van der Waals surface area contributed by atoms with Crippen molar-refractivity contribution in [2.75, 3.05) is 50.6 Å². The first kappa shape index (κ1) is 26.0. The van der Waals surface area contributed by atoms with Gasteiger partial charge in [-0.25, -0.2) is 0 Å². The number of hydrogen-bond acceptors (Lipinski definition) is 8. The molecule has 1 fully saturated rings. The van der Waals surface area contributed by atoms with Gasteiger partial charge >= 0.3 is 0 Å². The summed E-state index contributed by atoms with van der Waals surface area (Å²) in [5, 5.41) is 7.43. The van der Waals surface area contributed by atoms with E-state index in [0.29, 0.717) is 54.3 Å². The van der Waals surface area contributed by atoms with E-state index in [0.717, 1.165) is 17.0 Å². The molecule has 1 aliphatic rings. The lowest BCUT2D eigenvalue weighted by Crippen LogP contribution is -2.48. The van der Waals surface area contributed by atoms with E-state index in [1.807, 2.05) is 48.5 Å². The van der Waals surface area contributed by atoms with Crippen molar-refractivity contribution in [3.05, 3.63) is 90.3 Å². The van der Waals surface area contributed by atoms with Crippen LogP contribution in [-0.4, -0.2) is 62.3 Å². The van der Waals surface area contributed by atoms with Gasteiger partial charge in [-0.2, -0.15) is 0 Å². The third kappa shape index (κ3) is 5.19. The van der Waals surface area contributed by atoms with Crippen LogP contribution >= 0.6 is 0 Å². The molecular formula is C31H28N4O6. The van der Waals surface area contributed by atoms with Crippen LogP contribution in [0.1, 0.15) is 21.0 Å². The summed E-state index contributed by atoms with van der Waals surface area (Å²) in [4.78, 5) is 30.9. The van der Waals surface area contributed by atoms with Crippen molar-refractivity contribution in [2.45, 2.75) is 0 Å². The zero-order valence-electron chi connectivity index (χ0n) is 22.6.